The van der Waals surface area contributed by atoms with E-state index in [2.05, 4.69) is 10.6 Å². The highest BCUT2D eigenvalue weighted by Gasteiger charge is 2.22. The zero-order chi connectivity index (χ0) is 15.2. The lowest BCUT2D eigenvalue weighted by Gasteiger charge is -2.21. The van der Waals surface area contributed by atoms with Crippen molar-refractivity contribution >= 4 is 11.6 Å². The Morgan fingerprint density at radius 1 is 1.52 bits per heavy atom. The van der Waals surface area contributed by atoms with Crippen molar-refractivity contribution in [3.05, 3.63) is 29.8 Å². The van der Waals surface area contributed by atoms with E-state index in [0.717, 1.165) is 24.9 Å². The lowest BCUT2D eigenvalue weighted by Crippen LogP contribution is -2.35. The summed E-state index contributed by atoms with van der Waals surface area (Å²) in [7, 11) is 1.50. The molecule has 116 valence electrons. The Morgan fingerprint density at radius 3 is 2.76 bits per heavy atom. The Hall–Kier alpha value is -1.50. The number of rotatable bonds is 6. The van der Waals surface area contributed by atoms with Gasteiger partial charge in [0.25, 0.3) is 0 Å². The van der Waals surface area contributed by atoms with Gasteiger partial charge in [-0.05, 0) is 37.1 Å². The first-order chi connectivity index (χ1) is 10.2. The van der Waals surface area contributed by atoms with Gasteiger partial charge in [-0.15, -0.1) is 0 Å². The molecule has 5 nitrogen and oxygen atoms in total. The third-order valence-electron chi connectivity index (χ3n) is 3.70. The number of carbonyl (C=O) groups is 1. The van der Waals surface area contributed by atoms with E-state index in [4.69, 9.17) is 10.5 Å². The lowest BCUT2D eigenvalue weighted by molar-refractivity contribution is -0.117. The Labute approximate surface area is 124 Å². The molecule has 1 saturated heterocycles. The molecule has 0 bridgehead atoms. The van der Waals surface area contributed by atoms with E-state index >= 15 is 0 Å². The molecule has 0 aromatic heterocycles. The number of halogens is 1. The summed E-state index contributed by atoms with van der Waals surface area (Å²) in [6.45, 7) is 0.234. The number of nitrogens with one attached hydrogen (secondary N) is 2. The summed E-state index contributed by atoms with van der Waals surface area (Å²) in [4.78, 5) is 12.0. The Balaban J connectivity index is 1.99. The molecule has 2 rings (SSSR count). The fraction of sp³-hybridized carbons (Fsp3) is 0.533. The first-order valence-corrected chi connectivity index (χ1v) is 7.14. The molecule has 6 heteroatoms. The molecule has 1 fully saturated rings. The van der Waals surface area contributed by atoms with Gasteiger partial charge in [0.2, 0.25) is 5.91 Å². The van der Waals surface area contributed by atoms with Gasteiger partial charge in [-0.25, -0.2) is 4.39 Å². The Bertz CT molecular complexity index is 460. The Morgan fingerprint density at radius 2 is 2.24 bits per heavy atom. The van der Waals surface area contributed by atoms with Crippen molar-refractivity contribution in [2.75, 3.05) is 25.6 Å². The Kier molecular flexibility index (Phi) is 5.67. The maximum absolute atomic E-state index is 12.7. The third kappa shape index (κ3) is 4.00. The molecule has 0 aliphatic carbocycles. The number of amides is 1. The van der Waals surface area contributed by atoms with E-state index in [1.165, 1.54) is 7.11 Å². The molecule has 4 N–H and O–H groups in total. The monoisotopic (exact) mass is 295 g/mol. The predicted octanol–water partition coefficient (Wildman–Crippen LogP) is 1.36. The number of carbonyl (C=O) groups excluding carboxylic acids is 1. The second-order valence-electron chi connectivity index (χ2n) is 5.23. The molecule has 3 unspecified atom stereocenters. The second kappa shape index (κ2) is 7.49. The first kappa shape index (κ1) is 15.9. The van der Waals surface area contributed by atoms with Gasteiger partial charge in [-0.2, -0.15) is 0 Å². The van der Waals surface area contributed by atoms with Crippen molar-refractivity contribution in [1.82, 2.24) is 5.32 Å². The summed E-state index contributed by atoms with van der Waals surface area (Å²) in [5.41, 5.74) is 7.18. The van der Waals surface area contributed by atoms with Crippen LogP contribution in [0.25, 0.3) is 0 Å². The number of hydrogen-bond donors (Lipinski definition) is 3. The predicted molar refractivity (Wildman–Crippen MR) is 79.8 cm³/mol. The van der Waals surface area contributed by atoms with Crippen molar-refractivity contribution < 1.29 is 13.9 Å². The molecular formula is C15H22FN3O2. The van der Waals surface area contributed by atoms with E-state index in [-0.39, 0.29) is 11.9 Å². The van der Waals surface area contributed by atoms with Crippen LogP contribution in [0.1, 0.15) is 24.5 Å². The number of hydrogen-bond acceptors (Lipinski definition) is 4. The highest BCUT2D eigenvalue weighted by Crippen LogP contribution is 2.22. The highest BCUT2D eigenvalue weighted by atomic mass is 19.1. The van der Waals surface area contributed by atoms with E-state index < -0.39 is 18.8 Å². The van der Waals surface area contributed by atoms with E-state index in [9.17, 15) is 9.18 Å². The van der Waals surface area contributed by atoms with Crippen LogP contribution in [0.3, 0.4) is 0 Å². The van der Waals surface area contributed by atoms with Crippen LogP contribution in [0.2, 0.25) is 0 Å². The molecule has 1 amide bonds. The second-order valence-corrected chi connectivity index (χ2v) is 5.23. The minimum Gasteiger partial charge on any atom is -0.375 e. The molecule has 1 aromatic rings. The quantitative estimate of drug-likeness (QED) is 0.740. The van der Waals surface area contributed by atoms with Gasteiger partial charge < -0.3 is 21.1 Å². The molecular weight excluding hydrogens is 273 g/mol. The molecule has 1 aliphatic heterocycles. The zero-order valence-corrected chi connectivity index (χ0v) is 12.1. The molecule has 0 spiro atoms. The topological polar surface area (TPSA) is 76.4 Å². The number of anilines is 1. The minimum absolute atomic E-state index is 0.0241. The fourth-order valence-corrected chi connectivity index (χ4v) is 2.53. The van der Waals surface area contributed by atoms with Gasteiger partial charge in [0.05, 0.1) is 18.2 Å². The first-order valence-electron chi connectivity index (χ1n) is 7.14. The third-order valence-corrected chi connectivity index (χ3v) is 3.70. The number of nitrogens with two attached hydrogens (primary N) is 1. The van der Waals surface area contributed by atoms with Crippen LogP contribution >= 0.6 is 0 Å². The highest BCUT2D eigenvalue weighted by molar-refractivity contribution is 5.95. The smallest absolute Gasteiger partial charge is 0.241 e. The largest absolute Gasteiger partial charge is 0.375 e. The van der Waals surface area contributed by atoms with Crippen LogP contribution in [0.15, 0.2) is 24.3 Å². The summed E-state index contributed by atoms with van der Waals surface area (Å²) in [5.74, 6) is -0.0241. The van der Waals surface area contributed by atoms with Crippen molar-refractivity contribution in [2.45, 2.75) is 31.0 Å². The molecule has 0 saturated carbocycles. The average molecular weight is 295 g/mol. The van der Waals surface area contributed by atoms with E-state index in [1.54, 1.807) is 24.3 Å². The van der Waals surface area contributed by atoms with Gasteiger partial charge >= 0.3 is 0 Å². The van der Waals surface area contributed by atoms with Crippen molar-refractivity contribution in [3.63, 3.8) is 0 Å². The van der Waals surface area contributed by atoms with Gasteiger partial charge in [-0.3, -0.25) is 4.79 Å². The summed E-state index contributed by atoms with van der Waals surface area (Å²) in [6.07, 6.45) is 1.39. The van der Waals surface area contributed by atoms with Gasteiger partial charge in [-0.1, -0.05) is 12.1 Å². The van der Waals surface area contributed by atoms with Crippen LogP contribution in [-0.2, 0) is 9.53 Å². The van der Waals surface area contributed by atoms with Crippen LogP contribution < -0.4 is 16.4 Å². The summed E-state index contributed by atoms with van der Waals surface area (Å²) < 4.78 is 17.9. The summed E-state index contributed by atoms with van der Waals surface area (Å²) >= 11 is 0. The van der Waals surface area contributed by atoms with Crippen LogP contribution in [0.4, 0.5) is 10.1 Å². The molecule has 21 heavy (non-hydrogen) atoms. The average Bonchev–Trinajstić information content (AvgIpc) is 3.04. The summed E-state index contributed by atoms with van der Waals surface area (Å²) in [6, 6.07) is 6.33. The number of benzene rings is 1. The van der Waals surface area contributed by atoms with E-state index in [0.29, 0.717) is 5.69 Å². The maximum atomic E-state index is 12.7. The molecule has 1 heterocycles. The molecule has 1 aromatic carbocycles. The maximum Gasteiger partial charge on any atom is 0.241 e. The summed E-state index contributed by atoms with van der Waals surface area (Å²) in [5, 5.41) is 6.01. The SMILES string of the molecule is COC(c1ccc(NC(=O)C2CCCN2)cc1)C(N)CF. The standard InChI is InChI=1S/C15H22FN3O2/c1-21-14(12(17)9-16)10-4-6-11(7-5-10)19-15(20)13-3-2-8-18-13/h4-7,12-14,18H,2-3,8-9,17H2,1H3,(H,19,20). The molecule has 1 aliphatic rings. The van der Waals surface area contributed by atoms with Crippen molar-refractivity contribution in [3.8, 4) is 0 Å². The van der Waals surface area contributed by atoms with Gasteiger partial charge in [0, 0.05) is 12.8 Å². The zero-order valence-electron chi connectivity index (χ0n) is 12.1. The van der Waals surface area contributed by atoms with Crippen LogP contribution in [-0.4, -0.2) is 38.3 Å². The minimum atomic E-state index is -0.696. The molecule has 0 radical (unpaired) electrons. The van der Waals surface area contributed by atoms with Crippen molar-refractivity contribution in [1.29, 1.82) is 0 Å². The van der Waals surface area contributed by atoms with Gasteiger partial charge in [0.15, 0.2) is 0 Å². The molecule has 3 atom stereocenters. The van der Waals surface area contributed by atoms with Crippen molar-refractivity contribution in [2.24, 2.45) is 5.73 Å². The normalized spacial score (nSPS) is 21.0. The number of ether oxygens (including phenoxy) is 1. The van der Waals surface area contributed by atoms with Crippen LogP contribution in [0.5, 0.6) is 0 Å². The number of methoxy groups -OCH3 is 1. The number of alkyl halides is 1. The lowest BCUT2D eigenvalue weighted by atomic mass is 10.0. The van der Waals surface area contributed by atoms with Crippen LogP contribution in [0, 0.1) is 0 Å². The van der Waals surface area contributed by atoms with Gasteiger partial charge in [0.1, 0.15) is 6.67 Å². The van der Waals surface area contributed by atoms with E-state index in [1.807, 2.05) is 0 Å². The fourth-order valence-electron chi connectivity index (χ4n) is 2.53.